The number of halogens is 1. The Morgan fingerprint density at radius 3 is 2.68 bits per heavy atom. The number of fused-ring (bicyclic) bond motifs is 1. The van der Waals surface area contributed by atoms with Crippen molar-refractivity contribution in [2.24, 2.45) is 5.10 Å². The van der Waals surface area contributed by atoms with E-state index in [1.165, 1.54) is 18.4 Å². The van der Waals surface area contributed by atoms with Crippen LogP contribution in [0.1, 0.15) is 18.1 Å². The number of hydrogen-bond acceptors (Lipinski definition) is 6. The number of rotatable bonds is 4. The number of carbonyl (C=O) groups excluding carboxylic acids is 2. The van der Waals surface area contributed by atoms with Crippen LogP contribution in [0.2, 0.25) is 5.02 Å². The molecule has 156 valence electrons. The highest BCUT2D eigenvalue weighted by molar-refractivity contribution is 6.54. The molecule has 0 radical (unpaired) electrons. The maximum atomic E-state index is 13.1. The Bertz CT molecular complexity index is 1330. The number of hydrogen-bond donors (Lipinski definition) is 0. The van der Waals surface area contributed by atoms with Crippen molar-refractivity contribution in [2.75, 3.05) is 11.6 Å². The van der Waals surface area contributed by atoms with Crippen LogP contribution in [0.4, 0.5) is 5.69 Å². The molecule has 7 nitrogen and oxygen atoms in total. The second-order valence-corrected chi connectivity index (χ2v) is 7.20. The van der Waals surface area contributed by atoms with Crippen molar-refractivity contribution >= 4 is 51.9 Å². The van der Waals surface area contributed by atoms with E-state index in [-0.39, 0.29) is 34.3 Å². The molecular formula is C23H17ClN2O5. The lowest BCUT2D eigenvalue weighted by Gasteiger charge is -2.10. The average Bonchev–Trinajstić information content (AvgIpc) is 3.09. The number of esters is 1. The molecule has 0 bridgehead atoms. The molecule has 3 aromatic rings. The molecule has 1 aliphatic heterocycles. The minimum absolute atomic E-state index is 0.0628. The molecule has 0 atom stereocenters. The van der Waals surface area contributed by atoms with Gasteiger partial charge in [-0.1, -0.05) is 29.8 Å². The van der Waals surface area contributed by atoms with Crippen molar-refractivity contribution < 1.29 is 18.7 Å². The Morgan fingerprint density at radius 2 is 1.97 bits per heavy atom. The van der Waals surface area contributed by atoms with Crippen LogP contribution in [-0.4, -0.2) is 24.2 Å². The number of carbonyl (C=O) groups is 2. The number of hydrazone groups is 1. The Hall–Kier alpha value is -3.71. The summed E-state index contributed by atoms with van der Waals surface area (Å²) in [4.78, 5) is 38.5. The molecule has 2 aromatic carbocycles. The van der Waals surface area contributed by atoms with E-state index in [1.807, 2.05) is 0 Å². The van der Waals surface area contributed by atoms with Crippen molar-refractivity contribution in [3.8, 4) is 0 Å². The zero-order valence-electron chi connectivity index (χ0n) is 16.7. The summed E-state index contributed by atoms with van der Waals surface area (Å²) >= 11 is 6.15. The zero-order chi connectivity index (χ0) is 22.1. The van der Waals surface area contributed by atoms with E-state index >= 15 is 0 Å². The average molecular weight is 437 g/mol. The minimum Gasteiger partial charge on any atom is -0.463 e. The van der Waals surface area contributed by atoms with Gasteiger partial charge < -0.3 is 9.15 Å². The van der Waals surface area contributed by atoms with E-state index in [0.29, 0.717) is 16.3 Å². The summed E-state index contributed by atoms with van der Waals surface area (Å²) in [6.45, 7) is 3.56. The van der Waals surface area contributed by atoms with Gasteiger partial charge in [-0.15, -0.1) is 0 Å². The van der Waals surface area contributed by atoms with E-state index in [4.69, 9.17) is 20.8 Å². The molecule has 0 saturated heterocycles. The maximum Gasteiger partial charge on any atom is 0.359 e. The summed E-state index contributed by atoms with van der Waals surface area (Å²) in [7, 11) is 0. The predicted molar refractivity (Wildman–Crippen MR) is 118 cm³/mol. The van der Waals surface area contributed by atoms with E-state index in [9.17, 15) is 14.4 Å². The molecule has 0 aliphatic carbocycles. The van der Waals surface area contributed by atoms with Crippen molar-refractivity contribution in [1.82, 2.24) is 0 Å². The van der Waals surface area contributed by atoms with E-state index < -0.39 is 11.9 Å². The normalized spacial score (nSPS) is 14.9. The lowest BCUT2D eigenvalue weighted by molar-refractivity contribution is -0.135. The van der Waals surface area contributed by atoms with Gasteiger partial charge in [0.2, 0.25) is 0 Å². The van der Waals surface area contributed by atoms with Gasteiger partial charge in [-0.3, -0.25) is 9.59 Å². The second kappa shape index (κ2) is 8.20. The summed E-state index contributed by atoms with van der Waals surface area (Å²) < 4.78 is 10.6. The van der Waals surface area contributed by atoms with Gasteiger partial charge in [0.25, 0.3) is 5.91 Å². The highest BCUT2D eigenvalue weighted by atomic mass is 35.5. The van der Waals surface area contributed by atoms with Gasteiger partial charge in [0.15, 0.2) is 11.1 Å². The van der Waals surface area contributed by atoms with Crippen LogP contribution in [-0.2, 0) is 14.3 Å². The Labute approximate surface area is 182 Å². The third-order valence-electron chi connectivity index (χ3n) is 4.73. The van der Waals surface area contributed by atoms with Crippen molar-refractivity contribution in [3.63, 3.8) is 0 Å². The number of amides is 1. The Kier molecular flexibility index (Phi) is 5.44. The molecule has 0 saturated carbocycles. The summed E-state index contributed by atoms with van der Waals surface area (Å²) in [6, 6.07) is 11.8. The first-order valence-electron chi connectivity index (χ1n) is 9.49. The molecule has 2 heterocycles. The van der Waals surface area contributed by atoms with Crippen LogP contribution in [0.3, 0.4) is 0 Å². The molecule has 0 fully saturated rings. The van der Waals surface area contributed by atoms with Gasteiger partial charge in [0, 0.05) is 5.02 Å². The molecule has 0 N–H and O–H groups in total. The van der Waals surface area contributed by atoms with Crippen molar-refractivity contribution in [1.29, 1.82) is 0 Å². The standard InChI is InChI=1S/C23H17ClN2O5/c1-3-30-23(29)20-17(22(28)26(25-20)15-7-5-4-6-8-15)10-14-12-31-19-9-13(2)18(24)11-16(19)21(14)27/h4-12H,3H2,1-2H3/b17-10-. The third-order valence-corrected chi connectivity index (χ3v) is 5.13. The van der Waals surface area contributed by atoms with Crippen LogP contribution in [0, 0.1) is 6.92 Å². The Morgan fingerprint density at radius 1 is 1.23 bits per heavy atom. The van der Waals surface area contributed by atoms with Crippen LogP contribution >= 0.6 is 11.6 Å². The molecule has 1 aliphatic rings. The molecule has 31 heavy (non-hydrogen) atoms. The number of para-hydroxylation sites is 1. The van der Waals surface area contributed by atoms with Crippen LogP contribution in [0.5, 0.6) is 0 Å². The van der Waals surface area contributed by atoms with Gasteiger partial charge in [0.1, 0.15) is 11.8 Å². The highest BCUT2D eigenvalue weighted by Crippen LogP contribution is 2.26. The van der Waals surface area contributed by atoms with E-state index in [0.717, 1.165) is 10.6 Å². The smallest absolute Gasteiger partial charge is 0.359 e. The molecule has 0 unspecified atom stereocenters. The van der Waals surface area contributed by atoms with Gasteiger partial charge in [0.05, 0.1) is 28.8 Å². The van der Waals surface area contributed by atoms with Crippen LogP contribution < -0.4 is 10.4 Å². The van der Waals surface area contributed by atoms with Gasteiger partial charge in [-0.2, -0.15) is 10.1 Å². The van der Waals surface area contributed by atoms with Crippen LogP contribution in [0.15, 0.2) is 68.6 Å². The monoisotopic (exact) mass is 436 g/mol. The summed E-state index contributed by atoms with van der Waals surface area (Å²) in [6.07, 6.45) is 2.53. The van der Waals surface area contributed by atoms with E-state index in [2.05, 4.69) is 5.10 Å². The fraction of sp³-hybridized carbons (Fsp3) is 0.130. The fourth-order valence-electron chi connectivity index (χ4n) is 3.16. The summed E-state index contributed by atoms with van der Waals surface area (Å²) in [5, 5.41) is 5.95. The topological polar surface area (TPSA) is 89.2 Å². The zero-order valence-corrected chi connectivity index (χ0v) is 17.5. The number of anilines is 1. The first kappa shape index (κ1) is 20.6. The second-order valence-electron chi connectivity index (χ2n) is 6.80. The van der Waals surface area contributed by atoms with Gasteiger partial charge in [-0.05, 0) is 49.8 Å². The summed E-state index contributed by atoms with van der Waals surface area (Å²) in [5.74, 6) is -1.32. The fourth-order valence-corrected chi connectivity index (χ4v) is 3.32. The minimum atomic E-state index is -0.760. The largest absolute Gasteiger partial charge is 0.463 e. The lowest BCUT2D eigenvalue weighted by atomic mass is 10.1. The molecular weight excluding hydrogens is 420 g/mol. The molecule has 1 amide bonds. The van der Waals surface area contributed by atoms with Gasteiger partial charge in [-0.25, -0.2) is 4.79 Å². The van der Waals surface area contributed by atoms with Crippen LogP contribution in [0.25, 0.3) is 17.0 Å². The molecule has 1 aromatic heterocycles. The lowest BCUT2D eigenvalue weighted by Crippen LogP contribution is -2.23. The number of ether oxygens (including phenoxy) is 1. The van der Waals surface area contributed by atoms with E-state index in [1.54, 1.807) is 50.2 Å². The van der Waals surface area contributed by atoms with Gasteiger partial charge >= 0.3 is 5.97 Å². The number of aryl methyl sites for hydroxylation is 1. The first-order valence-corrected chi connectivity index (χ1v) is 9.87. The highest BCUT2D eigenvalue weighted by Gasteiger charge is 2.36. The number of nitrogens with zero attached hydrogens (tertiary/aromatic N) is 2. The quantitative estimate of drug-likeness (QED) is 0.453. The van der Waals surface area contributed by atoms with Crippen molar-refractivity contribution in [3.05, 3.63) is 80.7 Å². The van der Waals surface area contributed by atoms with Crippen molar-refractivity contribution in [2.45, 2.75) is 13.8 Å². The summed E-state index contributed by atoms with van der Waals surface area (Å²) in [5.41, 5.74) is 1.07. The SMILES string of the molecule is CCOC(=O)C1=NN(c2ccccc2)C(=O)/C1=C\c1coc2cc(C)c(Cl)cc2c1=O. The molecule has 4 rings (SSSR count). The molecule has 0 spiro atoms. The third kappa shape index (κ3) is 3.75. The number of benzene rings is 2. The maximum absolute atomic E-state index is 13.1. The Balaban J connectivity index is 1.85. The first-order chi connectivity index (χ1) is 14.9. The molecule has 8 heteroatoms. The predicted octanol–water partition coefficient (Wildman–Crippen LogP) is 4.10.